The van der Waals surface area contributed by atoms with Crippen LogP contribution in [0.1, 0.15) is 0 Å². The van der Waals surface area contributed by atoms with Crippen molar-refractivity contribution in [2.24, 2.45) is 11.5 Å². The molecular weight excluding hydrogens is 88.0 g/mol. The Kier molecular flexibility index (Phi) is 28.1. The Balaban J connectivity index is -0.0000000450. The Labute approximate surface area is 34.5 Å². The monoisotopic (exact) mass is 96.1 g/mol. The highest BCUT2D eigenvalue weighted by Crippen LogP contribution is 1.25. The van der Waals surface area contributed by atoms with Gasteiger partial charge in [-0.2, -0.15) is 0 Å². The molecule has 0 unspecified atom stereocenters. The van der Waals surface area contributed by atoms with Gasteiger partial charge in [0.25, 0.3) is 0 Å². The van der Waals surface area contributed by atoms with E-state index < -0.39 is 6.03 Å². The van der Waals surface area contributed by atoms with E-state index in [0.29, 0.717) is 0 Å². The van der Waals surface area contributed by atoms with E-state index in [-0.39, 0.29) is 11.0 Å². The van der Waals surface area contributed by atoms with Gasteiger partial charge in [0.05, 0.1) is 0 Å². The first-order chi connectivity index (χ1) is 1.73. The topological polar surface area (TPSA) is 132 Å². The van der Waals surface area contributed by atoms with Gasteiger partial charge in [-0.1, -0.05) is 0 Å². The maximum Gasteiger partial charge on any atom is 0.309 e. The second kappa shape index (κ2) is 8.89. The van der Waals surface area contributed by atoms with Gasteiger partial charge >= 0.3 is 6.03 Å². The van der Waals surface area contributed by atoms with Crippen molar-refractivity contribution in [2.75, 3.05) is 0 Å². The van der Waals surface area contributed by atoms with Crippen LogP contribution in [0.3, 0.4) is 0 Å². The Morgan fingerprint density at radius 3 is 1.17 bits per heavy atom. The van der Waals surface area contributed by atoms with Crippen molar-refractivity contribution in [3.8, 4) is 0 Å². The minimum atomic E-state index is -0.833. The van der Waals surface area contributed by atoms with Gasteiger partial charge in [-0.25, -0.2) is 4.79 Å². The van der Waals surface area contributed by atoms with Crippen LogP contribution in [0.2, 0.25) is 0 Å². The number of carbonyl (C=O) groups excluding carboxylic acids is 1. The normalized spacial score (nSPS) is 4.00. The number of hydrogen-bond donors (Lipinski definition) is 2. The van der Waals surface area contributed by atoms with Gasteiger partial charge in [0.1, 0.15) is 0 Å². The fourth-order valence-electron chi connectivity index (χ4n) is 0. The van der Waals surface area contributed by atoms with Crippen LogP contribution in [-0.2, 0) is 0 Å². The predicted octanol–water partition coefficient (Wildman–Crippen LogP) is -2.63. The lowest BCUT2D eigenvalue weighted by Gasteiger charge is -1.62. The molecular formula is CH8N2O3. The zero-order valence-corrected chi connectivity index (χ0v) is 3.06. The Morgan fingerprint density at radius 2 is 1.17 bits per heavy atom. The fraction of sp³-hybridized carbons (Fsp3) is 0. The Morgan fingerprint density at radius 1 is 1.17 bits per heavy atom. The SMILES string of the molecule is NC(N)=O.O.O. The van der Waals surface area contributed by atoms with E-state index >= 15 is 0 Å². The number of urea groups is 1. The molecule has 0 aliphatic carbocycles. The highest BCUT2D eigenvalue weighted by Gasteiger charge is 1.60. The van der Waals surface area contributed by atoms with E-state index in [9.17, 15) is 0 Å². The number of hydrogen-bond acceptors (Lipinski definition) is 1. The van der Waals surface area contributed by atoms with E-state index in [2.05, 4.69) is 11.5 Å². The first-order valence-corrected chi connectivity index (χ1v) is 0.781. The lowest BCUT2D eigenvalue weighted by molar-refractivity contribution is 0.256. The zero-order valence-electron chi connectivity index (χ0n) is 3.06. The van der Waals surface area contributed by atoms with Crippen molar-refractivity contribution < 1.29 is 15.7 Å². The summed E-state index contributed by atoms with van der Waals surface area (Å²) in [5.74, 6) is 0. The number of rotatable bonds is 0. The molecule has 6 heavy (non-hydrogen) atoms. The van der Waals surface area contributed by atoms with Gasteiger partial charge < -0.3 is 22.4 Å². The maximum atomic E-state index is 9.00. The fourth-order valence-corrected chi connectivity index (χ4v) is 0. The molecule has 5 nitrogen and oxygen atoms in total. The van der Waals surface area contributed by atoms with Crippen molar-refractivity contribution in [3.63, 3.8) is 0 Å². The molecule has 0 aliphatic rings. The third-order valence-corrected chi connectivity index (χ3v) is 0. The average Bonchev–Trinajstić information content (AvgIpc) is 0.811. The number of primary amides is 2. The van der Waals surface area contributed by atoms with Gasteiger partial charge in [-0.05, 0) is 0 Å². The molecule has 0 aromatic carbocycles. The molecule has 40 valence electrons. The maximum absolute atomic E-state index is 9.00. The summed E-state index contributed by atoms with van der Waals surface area (Å²) in [4.78, 5) is 9.00. The molecule has 0 fully saturated rings. The predicted molar refractivity (Wildman–Crippen MR) is 21.0 cm³/mol. The molecule has 0 bridgehead atoms. The highest BCUT2D eigenvalue weighted by atomic mass is 16.2. The molecule has 5 heteroatoms. The van der Waals surface area contributed by atoms with E-state index in [4.69, 9.17) is 4.79 Å². The molecule has 2 amide bonds. The van der Waals surface area contributed by atoms with Gasteiger partial charge in [-0.15, -0.1) is 0 Å². The van der Waals surface area contributed by atoms with E-state index in [1.165, 1.54) is 0 Å². The molecule has 8 N–H and O–H groups in total. The molecule has 0 aromatic heterocycles. The lowest BCUT2D eigenvalue weighted by Crippen LogP contribution is -2.18. The van der Waals surface area contributed by atoms with Crippen LogP contribution in [0.25, 0.3) is 0 Å². The van der Waals surface area contributed by atoms with Crippen molar-refractivity contribution >= 4 is 6.03 Å². The first kappa shape index (κ1) is 19.0. The first-order valence-electron chi connectivity index (χ1n) is 0.781. The lowest BCUT2D eigenvalue weighted by atomic mass is 11.2. The van der Waals surface area contributed by atoms with E-state index in [1.54, 1.807) is 0 Å². The quantitative estimate of drug-likeness (QED) is 0.335. The average molecular weight is 96.1 g/mol. The third kappa shape index (κ3) is 23.3. The molecule has 0 atom stereocenters. The van der Waals surface area contributed by atoms with Gasteiger partial charge in [-0.3, -0.25) is 0 Å². The summed E-state index contributed by atoms with van der Waals surface area (Å²) < 4.78 is 0. The summed E-state index contributed by atoms with van der Waals surface area (Å²) in [7, 11) is 0. The molecule has 0 rings (SSSR count). The van der Waals surface area contributed by atoms with Crippen LogP contribution in [0, 0.1) is 0 Å². The van der Waals surface area contributed by atoms with Crippen molar-refractivity contribution in [1.29, 1.82) is 0 Å². The van der Waals surface area contributed by atoms with Crippen LogP contribution in [0.15, 0.2) is 0 Å². The molecule has 0 saturated carbocycles. The van der Waals surface area contributed by atoms with Crippen molar-refractivity contribution in [3.05, 3.63) is 0 Å². The minimum absolute atomic E-state index is 0. The molecule has 0 aromatic rings. The molecule has 0 saturated heterocycles. The van der Waals surface area contributed by atoms with Crippen molar-refractivity contribution in [1.82, 2.24) is 0 Å². The second-order valence-corrected chi connectivity index (χ2v) is 0.402. The standard InChI is InChI=1S/CH4N2O.2H2O/c2-1(3)4;;/h(H4,2,3,4);2*1H2. The van der Waals surface area contributed by atoms with E-state index in [0.717, 1.165) is 0 Å². The summed E-state index contributed by atoms with van der Waals surface area (Å²) >= 11 is 0. The molecule has 0 radical (unpaired) electrons. The summed E-state index contributed by atoms with van der Waals surface area (Å²) in [6.07, 6.45) is 0. The van der Waals surface area contributed by atoms with Crippen LogP contribution >= 0.6 is 0 Å². The zero-order chi connectivity index (χ0) is 3.58. The van der Waals surface area contributed by atoms with Gasteiger partial charge in [0.15, 0.2) is 0 Å². The van der Waals surface area contributed by atoms with Crippen LogP contribution in [0.5, 0.6) is 0 Å². The van der Waals surface area contributed by atoms with Crippen molar-refractivity contribution in [2.45, 2.75) is 0 Å². The van der Waals surface area contributed by atoms with Crippen LogP contribution < -0.4 is 11.5 Å². The Hall–Kier alpha value is -0.810. The van der Waals surface area contributed by atoms with Gasteiger partial charge in [0.2, 0.25) is 0 Å². The van der Waals surface area contributed by atoms with Gasteiger partial charge in [0, 0.05) is 0 Å². The minimum Gasteiger partial charge on any atom is -0.412 e. The summed E-state index contributed by atoms with van der Waals surface area (Å²) in [5, 5.41) is 0. The van der Waals surface area contributed by atoms with Crippen LogP contribution in [0.4, 0.5) is 4.79 Å². The number of nitrogens with two attached hydrogens (primary N) is 2. The van der Waals surface area contributed by atoms with E-state index in [1.807, 2.05) is 0 Å². The summed E-state index contributed by atoms with van der Waals surface area (Å²) in [6, 6.07) is -0.833. The number of carbonyl (C=O) groups is 1. The van der Waals surface area contributed by atoms with Crippen LogP contribution in [-0.4, -0.2) is 17.0 Å². The number of amides is 2. The molecule has 0 heterocycles. The summed E-state index contributed by atoms with van der Waals surface area (Å²) in [6.45, 7) is 0. The highest BCUT2D eigenvalue weighted by molar-refractivity contribution is 5.69. The third-order valence-electron chi connectivity index (χ3n) is 0. The smallest absolute Gasteiger partial charge is 0.309 e. The largest absolute Gasteiger partial charge is 0.412 e. The molecule has 0 aliphatic heterocycles. The Bertz CT molecular complexity index is 31.8. The summed E-state index contributed by atoms with van der Waals surface area (Å²) in [5.41, 5.74) is 8.50. The molecule has 0 spiro atoms. The second-order valence-electron chi connectivity index (χ2n) is 0.402.